The van der Waals surface area contributed by atoms with Gasteiger partial charge in [0.25, 0.3) is 0 Å². The molecule has 2 rings (SSSR count). The maximum atomic E-state index is 11.1. The smallest absolute Gasteiger partial charge is 0.245 e. The minimum Gasteiger partial charge on any atom is -0.276 e. The van der Waals surface area contributed by atoms with Crippen LogP contribution in [0.1, 0.15) is 11.1 Å². The maximum Gasteiger partial charge on any atom is 0.245 e. The van der Waals surface area contributed by atoms with Crippen molar-refractivity contribution in [2.45, 2.75) is 0 Å². The summed E-state index contributed by atoms with van der Waals surface area (Å²) in [5.41, 5.74) is 2.83. The summed E-state index contributed by atoms with van der Waals surface area (Å²) in [6.45, 7) is 0. The van der Waals surface area contributed by atoms with Crippen LogP contribution in [0.3, 0.4) is 0 Å². The van der Waals surface area contributed by atoms with E-state index in [4.69, 9.17) is 11.6 Å². The average Bonchev–Trinajstić information content (AvgIpc) is 2.45. The summed E-state index contributed by atoms with van der Waals surface area (Å²) in [6.07, 6.45) is 5.28. The van der Waals surface area contributed by atoms with Gasteiger partial charge in [0.1, 0.15) is 0 Å². The molecule has 0 saturated heterocycles. The van der Waals surface area contributed by atoms with Crippen LogP contribution in [0.4, 0.5) is 0 Å². The topological polar surface area (TPSA) is 17.1 Å². The number of allylic oxidation sites excluding steroid dienone is 3. The predicted molar refractivity (Wildman–Crippen MR) is 80.8 cm³/mol. The van der Waals surface area contributed by atoms with Crippen molar-refractivity contribution in [3.05, 3.63) is 83.9 Å². The van der Waals surface area contributed by atoms with Crippen molar-refractivity contribution < 1.29 is 4.79 Å². The molecule has 94 valence electrons. The van der Waals surface area contributed by atoms with Crippen LogP contribution in [0.2, 0.25) is 0 Å². The predicted octanol–water partition coefficient (Wildman–Crippen LogP) is 4.55. The van der Waals surface area contributed by atoms with Crippen molar-refractivity contribution in [3.8, 4) is 0 Å². The Morgan fingerprint density at radius 3 is 2.05 bits per heavy atom. The highest BCUT2D eigenvalue weighted by Gasteiger charge is 1.99. The number of hydrogen-bond donors (Lipinski definition) is 0. The molecule has 0 amide bonds. The van der Waals surface area contributed by atoms with Crippen LogP contribution in [-0.4, -0.2) is 5.24 Å². The first kappa shape index (κ1) is 13.3. The van der Waals surface area contributed by atoms with Crippen molar-refractivity contribution in [3.63, 3.8) is 0 Å². The van der Waals surface area contributed by atoms with Gasteiger partial charge in [-0.1, -0.05) is 72.8 Å². The first-order chi connectivity index (χ1) is 9.25. The number of rotatable bonds is 4. The molecule has 0 atom stereocenters. The van der Waals surface area contributed by atoms with Gasteiger partial charge in [0.2, 0.25) is 5.24 Å². The molecule has 0 N–H and O–H groups in total. The molecular formula is C17H13ClO. The van der Waals surface area contributed by atoms with Crippen LogP contribution < -0.4 is 0 Å². The molecule has 0 unspecified atom stereocenters. The Balaban J connectivity index is 2.31. The molecular weight excluding hydrogens is 256 g/mol. The minimum atomic E-state index is -0.475. The molecule has 19 heavy (non-hydrogen) atoms. The molecule has 0 aliphatic heterocycles. The third-order valence-corrected chi connectivity index (χ3v) is 2.74. The standard InChI is InChI=1S/C17H13ClO/c18-17(19)13-16(15-9-5-2-6-10-15)12-11-14-7-3-1-4-8-14/h1-13H/b12-11+,16-13+. The molecule has 2 aromatic carbocycles. The number of halogens is 1. The van der Waals surface area contributed by atoms with Gasteiger partial charge in [-0.2, -0.15) is 0 Å². The van der Waals surface area contributed by atoms with E-state index in [1.807, 2.05) is 72.8 Å². The maximum absolute atomic E-state index is 11.1. The van der Waals surface area contributed by atoms with Gasteiger partial charge in [-0.3, -0.25) is 4.79 Å². The van der Waals surface area contributed by atoms with E-state index in [2.05, 4.69) is 0 Å². The normalized spacial score (nSPS) is 11.7. The number of hydrogen-bond acceptors (Lipinski definition) is 1. The molecule has 1 nitrogen and oxygen atoms in total. The Morgan fingerprint density at radius 2 is 1.47 bits per heavy atom. The number of carbonyl (C=O) groups excluding carboxylic acids is 1. The van der Waals surface area contributed by atoms with Crippen molar-refractivity contribution >= 4 is 28.5 Å². The quantitative estimate of drug-likeness (QED) is 0.452. The van der Waals surface area contributed by atoms with Gasteiger partial charge in [0.05, 0.1) is 0 Å². The van der Waals surface area contributed by atoms with E-state index < -0.39 is 5.24 Å². The highest BCUT2D eigenvalue weighted by atomic mass is 35.5. The Kier molecular flexibility index (Phi) is 4.71. The van der Waals surface area contributed by atoms with Gasteiger partial charge >= 0.3 is 0 Å². The van der Waals surface area contributed by atoms with Gasteiger partial charge in [0.15, 0.2) is 0 Å². The molecule has 0 radical (unpaired) electrons. The largest absolute Gasteiger partial charge is 0.276 e. The van der Waals surface area contributed by atoms with Crippen molar-refractivity contribution in [2.24, 2.45) is 0 Å². The minimum absolute atomic E-state index is 0.475. The monoisotopic (exact) mass is 268 g/mol. The van der Waals surface area contributed by atoms with Crippen LogP contribution in [0, 0.1) is 0 Å². The summed E-state index contributed by atoms with van der Waals surface area (Å²) in [5, 5.41) is -0.475. The van der Waals surface area contributed by atoms with Crippen LogP contribution in [0.25, 0.3) is 11.6 Å². The number of benzene rings is 2. The van der Waals surface area contributed by atoms with Crippen LogP contribution >= 0.6 is 11.6 Å². The Bertz CT molecular complexity index is 598. The summed E-state index contributed by atoms with van der Waals surface area (Å²) in [5.74, 6) is 0. The zero-order valence-corrected chi connectivity index (χ0v) is 11.0. The first-order valence-corrected chi connectivity index (χ1v) is 6.33. The SMILES string of the molecule is O=C(Cl)/C=C(\C=C\c1ccccc1)c1ccccc1. The van der Waals surface area contributed by atoms with Crippen LogP contribution in [0.15, 0.2) is 72.8 Å². The summed E-state index contributed by atoms with van der Waals surface area (Å²) in [4.78, 5) is 11.1. The third-order valence-electron chi connectivity index (χ3n) is 2.63. The molecule has 0 saturated carbocycles. The van der Waals surface area contributed by atoms with Crippen molar-refractivity contribution in [1.82, 2.24) is 0 Å². The summed E-state index contributed by atoms with van der Waals surface area (Å²) in [7, 11) is 0. The number of carbonyl (C=O) groups is 1. The Hall–Kier alpha value is -2.12. The van der Waals surface area contributed by atoms with E-state index in [1.54, 1.807) is 0 Å². The van der Waals surface area contributed by atoms with E-state index in [0.29, 0.717) is 0 Å². The van der Waals surface area contributed by atoms with E-state index in [-0.39, 0.29) is 0 Å². The zero-order valence-electron chi connectivity index (χ0n) is 10.3. The average molecular weight is 269 g/mol. The molecule has 0 aliphatic carbocycles. The second-order valence-electron chi connectivity index (χ2n) is 4.01. The molecule has 2 aromatic rings. The second-order valence-corrected chi connectivity index (χ2v) is 4.39. The molecule has 2 heteroatoms. The lowest BCUT2D eigenvalue weighted by Gasteiger charge is -2.01. The second kappa shape index (κ2) is 6.72. The fourth-order valence-corrected chi connectivity index (χ4v) is 1.85. The van der Waals surface area contributed by atoms with Gasteiger partial charge in [-0.15, -0.1) is 0 Å². The van der Waals surface area contributed by atoms with E-state index in [9.17, 15) is 4.79 Å². The fourth-order valence-electron chi connectivity index (χ4n) is 1.73. The molecule has 0 aliphatic rings. The van der Waals surface area contributed by atoms with E-state index in [0.717, 1.165) is 16.7 Å². The van der Waals surface area contributed by atoms with Crippen molar-refractivity contribution in [2.75, 3.05) is 0 Å². The highest BCUT2D eigenvalue weighted by Crippen LogP contribution is 2.17. The van der Waals surface area contributed by atoms with Crippen LogP contribution in [0.5, 0.6) is 0 Å². The first-order valence-electron chi connectivity index (χ1n) is 5.95. The molecule has 0 bridgehead atoms. The van der Waals surface area contributed by atoms with Gasteiger partial charge in [-0.05, 0) is 28.3 Å². The molecule has 0 fully saturated rings. The Labute approximate surface area is 117 Å². The lowest BCUT2D eigenvalue weighted by molar-refractivity contribution is -0.107. The van der Waals surface area contributed by atoms with Gasteiger partial charge < -0.3 is 0 Å². The van der Waals surface area contributed by atoms with E-state index in [1.165, 1.54) is 6.08 Å². The van der Waals surface area contributed by atoms with Gasteiger partial charge in [0, 0.05) is 6.08 Å². The molecule has 0 aromatic heterocycles. The van der Waals surface area contributed by atoms with Gasteiger partial charge in [-0.25, -0.2) is 0 Å². The highest BCUT2D eigenvalue weighted by molar-refractivity contribution is 6.67. The van der Waals surface area contributed by atoms with Crippen molar-refractivity contribution in [1.29, 1.82) is 0 Å². The molecule has 0 heterocycles. The lowest BCUT2D eigenvalue weighted by Crippen LogP contribution is -1.85. The van der Waals surface area contributed by atoms with Crippen LogP contribution in [-0.2, 0) is 4.79 Å². The summed E-state index contributed by atoms with van der Waals surface area (Å²) >= 11 is 5.45. The summed E-state index contributed by atoms with van der Waals surface area (Å²) < 4.78 is 0. The fraction of sp³-hybridized carbons (Fsp3) is 0. The zero-order chi connectivity index (χ0) is 13.5. The van der Waals surface area contributed by atoms with E-state index >= 15 is 0 Å². The lowest BCUT2D eigenvalue weighted by atomic mass is 10.0. The third kappa shape index (κ3) is 4.23. The Morgan fingerprint density at radius 1 is 0.895 bits per heavy atom. The summed E-state index contributed by atoms with van der Waals surface area (Å²) in [6, 6.07) is 19.6. The molecule has 0 spiro atoms.